The van der Waals surface area contributed by atoms with Gasteiger partial charge in [-0.05, 0) is 42.7 Å². The SMILES string of the molecule is COc1ccc([C@@H]2CCCCCN2C(=O)Cc2csc(-c3ccccn3)n2)cc1. The van der Waals surface area contributed by atoms with Crippen molar-refractivity contribution in [3.63, 3.8) is 0 Å². The third-order valence-corrected chi connectivity index (χ3v) is 6.26. The van der Waals surface area contributed by atoms with E-state index in [2.05, 4.69) is 27.0 Å². The van der Waals surface area contributed by atoms with Crippen molar-refractivity contribution in [1.82, 2.24) is 14.9 Å². The number of benzene rings is 1. The Hall–Kier alpha value is -2.73. The average molecular weight is 408 g/mol. The number of ether oxygens (including phenoxy) is 1. The van der Waals surface area contributed by atoms with Crippen molar-refractivity contribution in [2.24, 2.45) is 0 Å². The first-order chi connectivity index (χ1) is 14.2. The Balaban J connectivity index is 1.51. The highest BCUT2D eigenvalue weighted by atomic mass is 32.1. The molecule has 0 radical (unpaired) electrons. The summed E-state index contributed by atoms with van der Waals surface area (Å²) < 4.78 is 5.28. The molecule has 2 aromatic heterocycles. The van der Waals surface area contributed by atoms with Crippen molar-refractivity contribution < 1.29 is 9.53 Å². The first-order valence-corrected chi connectivity index (χ1v) is 10.9. The molecule has 0 saturated carbocycles. The molecule has 4 rings (SSSR count). The number of carbonyl (C=O) groups is 1. The molecule has 0 N–H and O–H groups in total. The lowest BCUT2D eigenvalue weighted by Gasteiger charge is -2.30. The van der Waals surface area contributed by atoms with Crippen LogP contribution in [-0.4, -0.2) is 34.4 Å². The molecular weight excluding hydrogens is 382 g/mol. The van der Waals surface area contributed by atoms with Crippen molar-refractivity contribution in [1.29, 1.82) is 0 Å². The van der Waals surface area contributed by atoms with Crippen LogP contribution >= 0.6 is 11.3 Å². The van der Waals surface area contributed by atoms with E-state index in [-0.39, 0.29) is 11.9 Å². The molecule has 1 aliphatic rings. The van der Waals surface area contributed by atoms with Gasteiger partial charge < -0.3 is 9.64 Å². The Morgan fingerprint density at radius 2 is 2.03 bits per heavy atom. The Labute approximate surface area is 175 Å². The summed E-state index contributed by atoms with van der Waals surface area (Å²) in [7, 11) is 1.67. The molecule has 0 unspecified atom stereocenters. The fraction of sp³-hybridized carbons (Fsp3) is 0.348. The summed E-state index contributed by atoms with van der Waals surface area (Å²) in [5.74, 6) is 0.982. The highest BCUT2D eigenvalue weighted by Gasteiger charge is 2.27. The zero-order valence-electron chi connectivity index (χ0n) is 16.6. The zero-order valence-corrected chi connectivity index (χ0v) is 17.4. The Kier molecular flexibility index (Phi) is 6.20. The zero-order chi connectivity index (χ0) is 20.1. The molecule has 0 aliphatic carbocycles. The topological polar surface area (TPSA) is 55.3 Å². The maximum absolute atomic E-state index is 13.2. The molecule has 5 nitrogen and oxygen atoms in total. The van der Waals surface area contributed by atoms with Crippen molar-refractivity contribution in [2.45, 2.75) is 38.1 Å². The van der Waals surface area contributed by atoms with Crippen LogP contribution in [0.1, 0.15) is 43.0 Å². The summed E-state index contributed by atoms with van der Waals surface area (Å²) in [4.78, 5) is 24.3. The highest BCUT2D eigenvalue weighted by Crippen LogP contribution is 2.32. The van der Waals surface area contributed by atoms with Gasteiger partial charge in [0.05, 0.1) is 31.0 Å². The van der Waals surface area contributed by atoms with Crippen LogP contribution < -0.4 is 4.74 Å². The van der Waals surface area contributed by atoms with Crippen LogP contribution in [0.5, 0.6) is 5.75 Å². The number of methoxy groups -OCH3 is 1. The van der Waals surface area contributed by atoms with Gasteiger partial charge in [-0.1, -0.05) is 31.0 Å². The second-order valence-corrected chi connectivity index (χ2v) is 8.12. The van der Waals surface area contributed by atoms with Crippen LogP contribution in [0.4, 0.5) is 0 Å². The molecule has 0 bridgehead atoms. The van der Waals surface area contributed by atoms with Gasteiger partial charge in [-0.25, -0.2) is 4.98 Å². The molecule has 1 atom stereocenters. The van der Waals surface area contributed by atoms with Gasteiger partial charge in [-0.2, -0.15) is 0 Å². The number of thiazole rings is 1. The minimum absolute atomic E-state index is 0.116. The van der Waals surface area contributed by atoms with E-state index < -0.39 is 0 Å². The number of aromatic nitrogens is 2. The molecule has 6 heteroatoms. The minimum atomic E-state index is 0.116. The van der Waals surface area contributed by atoms with Crippen LogP contribution in [0.3, 0.4) is 0 Å². The fourth-order valence-electron chi connectivity index (χ4n) is 3.83. The van der Waals surface area contributed by atoms with Crippen molar-refractivity contribution in [3.05, 3.63) is 65.3 Å². The lowest BCUT2D eigenvalue weighted by molar-refractivity contribution is -0.133. The maximum atomic E-state index is 13.2. The normalized spacial score (nSPS) is 17.0. The van der Waals surface area contributed by atoms with E-state index in [0.29, 0.717) is 6.42 Å². The lowest BCUT2D eigenvalue weighted by Crippen LogP contribution is -2.36. The standard InChI is InChI=1S/C23H25N3O2S/c1-28-19-11-9-17(10-12-19)21-8-3-2-6-14-26(21)22(27)15-18-16-29-23(25-18)20-7-4-5-13-24-20/h4-5,7,9-13,16,21H,2-3,6,8,14-15H2,1H3/t21-/m0/s1. The van der Waals surface area contributed by atoms with Gasteiger partial charge in [0.2, 0.25) is 5.91 Å². The number of pyridine rings is 1. The number of hydrogen-bond acceptors (Lipinski definition) is 5. The largest absolute Gasteiger partial charge is 0.497 e. The van der Waals surface area contributed by atoms with Crippen LogP contribution in [0.15, 0.2) is 54.0 Å². The average Bonchev–Trinajstić information content (AvgIpc) is 3.09. The van der Waals surface area contributed by atoms with Crippen molar-refractivity contribution in [3.8, 4) is 16.5 Å². The van der Waals surface area contributed by atoms with Crippen LogP contribution in [0.25, 0.3) is 10.7 Å². The summed E-state index contributed by atoms with van der Waals surface area (Å²) >= 11 is 1.54. The highest BCUT2D eigenvalue weighted by molar-refractivity contribution is 7.13. The van der Waals surface area contributed by atoms with E-state index in [0.717, 1.165) is 54.4 Å². The molecule has 1 amide bonds. The van der Waals surface area contributed by atoms with E-state index >= 15 is 0 Å². The van der Waals surface area contributed by atoms with E-state index in [1.165, 1.54) is 16.9 Å². The Bertz CT molecular complexity index is 940. The summed E-state index contributed by atoms with van der Waals surface area (Å²) in [5, 5.41) is 2.83. The van der Waals surface area contributed by atoms with Crippen molar-refractivity contribution >= 4 is 17.2 Å². The van der Waals surface area contributed by atoms with E-state index in [4.69, 9.17) is 4.74 Å². The molecule has 3 heterocycles. The number of likely N-dealkylation sites (tertiary alicyclic amines) is 1. The predicted octanol–water partition coefficient (Wildman–Crippen LogP) is 4.90. The van der Waals surface area contributed by atoms with E-state index in [1.807, 2.05) is 35.7 Å². The van der Waals surface area contributed by atoms with Gasteiger partial charge in [0.15, 0.2) is 0 Å². The number of carbonyl (C=O) groups excluding carboxylic acids is 1. The molecular formula is C23H25N3O2S. The third-order valence-electron chi connectivity index (χ3n) is 5.34. The Morgan fingerprint density at radius 1 is 1.17 bits per heavy atom. The molecule has 29 heavy (non-hydrogen) atoms. The molecule has 1 aromatic carbocycles. The molecule has 3 aromatic rings. The van der Waals surface area contributed by atoms with Gasteiger partial charge in [-0.3, -0.25) is 9.78 Å². The third kappa shape index (κ3) is 4.65. The predicted molar refractivity (Wildman–Crippen MR) is 115 cm³/mol. The monoisotopic (exact) mass is 407 g/mol. The molecule has 1 saturated heterocycles. The first-order valence-electron chi connectivity index (χ1n) is 10.0. The molecule has 0 spiro atoms. The fourth-order valence-corrected chi connectivity index (χ4v) is 4.63. The number of hydrogen-bond donors (Lipinski definition) is 0. The second kappa shape index (κ2) is 9.18. The van der Waals surface area contributed by atoms with Crippen LogP contribution in [0, 0.1) is 0 Å². The minimum Gasteiger partial charge on any atom is -0.497 e. The van der Waals surface area contributed by atoms with Gasteiger partial charge in [0.1, 0.15) is 10.8 Å². The smallest absolute Gasteiger partial charge is 0.229 e. The molecule has 150 valence electrons. The number of amides is 1. The van der Waals surface area contributed by atoms with Gasteiger partial charge >= 0.3 is 0 Å². The summed E-state index contributed by atoms with van der Waals surface area (Å²) in [5.41, 5.74) is 2.84. The number of rotatable bonds is 5. The van der Waals surface area contributed by atoms with E-state index in [9.17, 15) is 4.79 Å². The van der Waals surface area contributed by atoms with Gasteiger partial charge in [0.25, 0.3) is 0 Å². The van der Waals surface area contributed by atoms with Gasteiger partial charge in [-0.15, -0.1) is 11.3 Å². The molecule has 1 aliphatic heterocycles. The first kappa shape index (κ1) is 19.6. The van der Waals surface area contributed by atoms with Crippen molar-refractivity contribution in [2.75, 3.05) is 13.7 Å². The summed E-state index contributed by atoms with van der Waals surface area (Å²) in [6, 6.07) is 14.0. The Morgan fingerprint density at radius 3 is 2.79 bits per heavy atom. The van der Waals surface area contributed by atoms with E-state index in [1.54, 1.807) is 13.3 Å². The van der Waals surface area contributed by atoms with Crippen LogP contribution in [-0.2, 0) is 11.2 Å². The van der Waals surface area contributed by atoms with Gasteiger partial charge in [0, 0.05) is 18.1 Å². The summed E-state index contributed by atoms with van der Waals surface area (Å²) in [6.45, 7) is 0.798. The molecule has 1 fully saturated rings. The second-order valence-electron chi connectivity index (χ2n) is 7.26. The summed E-state index contributed by atoms with van der Waals surface area (Å²) in [6.07, 6.45) is 6.44. The number of nitrogens with zero attached hydrogens (tertiary/aromatic N) is 3. The maximum Gasteiger partial charge on any atom is 0.229 e. The lowest BCUT2D eigenvalue weighted by atomic mass is 10.00. The quantitative estimate of drug-likeness (QED) is 0.604. The van der Waals surface area contributed by atoms with Crippen LogP contribution in [0.2, 0.25) is 0 Å².